The van der Waals surface area contributed by atoms with Crippen LogP contribution in [0.25, 0.3) is 0 Å². The second kappa shape index (κ2) is 3.00. The van der Waals surface area contributed by atoms with Crippen molar-refractivity contribution >= 4 is 0 Å². The van der Waals surface area contributed by atoms with Gasteiger partial charge in [0, 0.05) is 19.0 Å². The molecule has 1 aliphatic heterocycles. The van der Waals surface area contributed by atoms with Crippen molar-refractivity contribution in [2.45, 2.75) is 38.2 Å². The Hall–Kier alpha value is -0.0800. The van der Waals surface area contributed by atoms with Crippen LogP contribution in [0, 0.1) is 11.8 Å². The molecule has 0 bridgehead atoms. The van der Waals surface area contributed by atoms with E-state index in [1.165, 1.54) is 25.7 Å². The van der Waals surface area contributed by atoms with Gasteiger partial charge in [-0.1, -0.05) is 25.7 Å². The predicted octanol–water partition coefficient (Wildman–Crippen LogP) is 1.15. The standard InChI is InChI=1S/C10H19NO/c1-10(12)7-11-6-9(10)8-4-2-3-5-8/h8-9,11-12H,2-7H2,1H3. The fraction of sp³-hybridized carbons (Fsp3) is 1.00. The zero-order chi connectivity index (χ0) is 8.60. The molecule has 2 heteroatoms. The average Bonchev–Trinajstić information content (AvgIpc) is 2.55. The first-order chi connectivity index (χ1) is 5.70. The van der Waals surface area contributed by atoms with E-state index in [2.05, 4.69) is 5.32 Å². The highest BCUT2D eigenvalue weighted by molar-refractivity contribution is 4.96. The monoisotopic (exact) mass is 169 g/mol. The minimum Gasteiger partial charge on any atom is -0.389 e. The number of aliphatic hydroxyl groups is 1. The summed E-state index contributed by atoms with van der Waals surface area (Å²) in [6.45, 7) is 3.79. The Bertz CT molecular complexity index is 161. The minimum atomic E-state index is -0.436. The van der Waals surface area contributed by atoms with E-state index < -0.39 is 5.60 Å². The Morgan fingerprint density at radius 1 is 1.33 bits per heavy atom. The van der Waals surface area contributed by atoms with Crippen molar-refractivity contribution in [3.8, 4) is 0 Å². The van der Waals surface area contributed by atoms with Gasteiger partial charge >= 0.3 is 0 Å². The normalized spacial score (nSPS) is 44.0. The van der Waals surface area contributed by atoms with Crippen molar-refractivity contribution in [2.24, 2.45) is 11.8 Å². The Morgan fingerprint density at radius 2 is 2.00 bits per heavy atom. The van der Waals surface area contributed by atoms with E-state index in [1.807, 2.05) is 6.92 Å². The Labute approximate surface area is 74.4 Å². The van der Waals surface area contributed by atoms with E-state index in [-0.39, 0.29) is 0 Å². The lowest BCUT2D eigenvalue weighted by Gasteiger charge is -2.29. The predicted molar refractivity (Wildman–Crippen MR) is 48.9 cm³/mol. The lowest BCUT2D eigenvalue weighted by Crippen LogP contribution is -2.37. The zero-order valence-corrected chi connectivity index (χ0v) is 7.84. The van der Waals surface area contributed by atoms with E-state index in [0.29, 0.717) is 5.92 Å². The smallest absolute Gasteiger partial charge is 0.0786 e. The molecule has 1 aliphatic carbocycles. The van der Waals surface area contributed by atoms with E-state index in [0.717, 1.165) is 19.0 Å². The number of nitrogens with one attached hydrogen (secondary N) is 1. The van der Waals surface area contributed by atoms with Crippen molar-refractivity contribution in [1.82, 2.24) is 5.32 Å². The summed E-state index contributed by atoms with van der Waals surface area (Å²) in [5.74, 6) is 1.30. The molecule has 2 N–H and O–H groups in total. The van der Waals surface area contributed by atoms with Crippen LogP contribution in [0.3, 0.4) is 0 Å². The van der Waals surface area contributed by atoms with Gasteiger partial charge in [-0.15, -0.1) is 0 Å². The topological polar surface area (TPSA) is 32.3 Å². The first-order valence-corrected chi connectivity index (χ1v) is 5.13. The zero-order valence-electron chi connectivity index (χ0n) is 7.84. The van der Waals surface area contributed by atoms with Crippen LogP contribution in [-0.2, 0) is 0 Å². The molecular weight excluding hydrogens is 150 g/mol. The van der Waals surface area contributed by atoms with E-state index in [9.17, 15) is 5.11 Å². The van der Waals surface area contributed by atoms with Gasteiger partial charge in [-0.3, -0.25) is 0 Å². The van der Waals surface area contributed by atoms with Crippen molar-refractivity contribution in [1.29, 1.82) is 0 Å². The van der Waals surface area contributed by atoms with Gasteiger partial charge in [0.05, 0.1) is 5.60 Å². The number of β-amino-alcohol motifs (C(OH)–C–C–N with tert-alkyl or cyclic N) is 1. The van der Waals surface area contributed by atoms with E-state index >= 15 is 0 Å². The van der Waals surface area contributed by atoms with Crippen LogP contribution in [0.2, 0.25) is 0 Å². The molecule has 70 valence electrons. The second-order valence-corrected chi connectivity index (χ2v) is 4.64. The molecule has 2 aliphatic rings. The van der Waals surface area contributed by atoms with Crippen LogP contribution in [0.1, 0.15) is 32.6 Å². The van der Waals surface area contributed by atoms with Gasteiger partial charge < -0.3 is 10.4 Å². The van der Waals surface area contributed by atoms with Gasteiger partial charge in [-0.2, -0.15) is 0 Å². The molecular formula is C10H19NO. The van der Waals surface area contributed by atoms with Crippen molar-refractivity contribution < 1.29 is 5.11 Å². The first kappa shape index (κ1) is 8.52. The molecule has 1 saturated carbocycles. The van der Waals surface area contributed by atoms with E-state index in [1.54, 1.807) is 0 Å². The van der Waals surface area contributed by atoms with Crippen molar-refractivity contribution in [3.05, 3.63) is 0 Å². The number of hydrogen-bond donors (Lipinski definition) is 2. The molecule has 1 heterocycles. The maximum Gasteiger partial charge on any atom is 0.0786 e. The quantitative estimate of drug-likeness (QED) is 0.617. The van der Waals surface area contributed by atoms with Gasteiger partial charge in [-0.25, -0.2) is 0 Å². The van der Waals surface area contributed by atoms with Gasteiger partial charge in [0.2, 0.25) is 0 Å². The summed E-state index contributed by atoms with van der Waals surface area (Å²) in [6, 6.07) is 0. The maximum absolute atomic E-state index is 10.1. The molecule has 0 radical (unpaired) electrons. The third-order valence-electron chi connectivity index (χ3n) is 3.61. The Kier molecular flexibility index (Phi) is 2.13. The molecule has 12 heavy (non-hydrogen) atoms. The van der Waals surface area contributed by atoms with Crippen molar-refractivity contribution in [3.63, 3.8) is 0 Å². The molecule has 0 aromatic rings. The Morgan fingerprint density at radius 3 is 2.50 bits per heavy atom. The Balaban J connectivity index is 2.02. The average molecular weight is 169 g/mol. The molecule has 0 aromatic heterocycles. The van der Waals surface area contributed by atoms with Crippen LogP contribution < -0.4 is 5.32 Å². The molecule has 2 nitrogen and oxygen atoms in total. The van der Waals surface area contributed by atoms with Gasteiger partial charge in [0.25, 0.3) is 0 Å². The van der Waals surface area contributed by atoms with E-state index in [4.69, 9.17) is 0 Å². The summed E-state index contributed by atoms with van der Waals surface area (Å²) in [4.78, 5) is 0. The summed E-state index contributed by atoms with van der Waals surface area (Å²) in [7, 11) is 0. The number of rotatable bonds is 1. The highest BCUT2D eigenvalue weighted by Crippen LogP contribution is 2.38. The van der Waals surface area contributed by atoms with Crippen LogP contribution in [-0.4, -0.2) is 23.8 Å². The summed E-state index contributed by atoms with van der Waals surface area (Å²) in [5.41, 5.74) is -0.436. The van der Waals surface area contributed by atoms with Crippen LogP contribution in [0.4, 0.5) is 0 Å². The largest absolute Gasteiger partial charge is 0.389 e. The fourth-order valence-electron chi connectivity index (χ4n) is 2.87. The minimum absolute atomic E-state index is 0.436. The second-order valence-electron chi connectivity index (χ2n) is 4.64. The van der Waals surface area contributed by atoms with Crippen LogP contribution >= 0.6 is 0 Å². The lowest BCUT2D eigenvalue weighted by atomic mass is 9.81. The summed E-state index contributed by atoms with van der Waals surface area (Å²) in [6.07, 6.45) is 5.42. The molecule has 1 saturated heterocycles. The third-order valence-corrected chi connectivity index (χ3v) is 3.61. The molecule has 2 fully saturated rings. The summed E-state index contributed by atoms with van der Waals surface area (Å²) < 4.78 is 0. The molecule has 0 amide bonds. The molecule has 2 atom stereocenters. The summed E-state index contributed by atoms with van der Waals surface area (Å²) >= 11 is 0. The maximum atomic E-state index is 10.1. The highest BCUT2D eigenvalue weighted by Gasteiger charge is 2.41. The number of hydrogen-bond acceptors (Lipinski definition) is 2. The van der Waals surface area contributed by atoms with Gasteiger partial charge in [0.1, 0.15) is 0 Å². The lowest BCUT2D eigenvalue weighted by molar-refractivity contribution is 0.0123. The van der Waals surface area contributed by atoms with Crippen LogP contribution in [0.15, 0.2) is 0 Å². The van der Waals surface area contributed by atoms with Gasteiger partial charge in [0.15, 0.2) is 0 Å². The van der Waals surface area contributed by atoms with Crippen LogP contribution in [0.5, 0.6) is 0 Å². The molecule has 0 aromatic carbocycles. The molecule has 2 rings (SSSR count). The fourth-order valence-corrected chi connectivity index (χ4v) is 2.87. The summed E-state index contributed by atoms with van der Waals surface area (Å²) in [5, 5.41) is 13.3. The molecule has 2 unspecified atom stereocenters. The first-order valence-electron chi connectivity index (χ1n) is 5.13. The third kappa shape index (κ3) is 1.38. The highest BCUT2D eigenvalue weighted by atomic mass is 16.3. The van der Waals surface area contributed by atoms with Crippen molar-refractivity contribution in [2.75, 3.05) is 13.1 Å². The SMILES string of the molecule is CC1(O)CNCC1C1CCCC1. The van der Waals surface area contributed by atoms with Gasteiger partial charge in [-0.05, 0) is 12.8 Å². The molecule has 0 spiro atoms.